The van der Waals surface area contributed by atoms with E-state index >= 15 is 0 Å². The van der Waals surface area contributed by atoms with Gasteiger partial charge in [0.15, 0.2) is 5.82 Å². The fourth-order valence-corrected chi connectivity index (χ4v) is 2.94. The first-order chi connectivity index (χ1) is 15.1. The Morgan fingerprint density at radius 3 is 2.74 bits per heavy atom. The third-order valence-corrected chi connectivity index (χ3v) is 4.49. The Balaban J connectivity index is 1.41. The quantitative estimate of drug-likeness (QED) is 0.463. The van der Waals surface area contributed by atoms with Gasteiger partial charge in [0.2, 0.25) is 5.95 Å². The van der Waals surface area contributed by atoms with Gasteiger partial charge in [-0.15, -0.1) is 5.10 Å². The summed E-state index contributed by atoms with van der Waals surface area (Å²) in [6.45, 7) is -0.520. The molecule has 1 N–H and O–H groups in total. The summed E-state index contributed by atoms with van der Waals surface area (Å²) in [4.78, 5) is 13.3. The molecule has 1 aliphatic carbocycles. The van der Waals surface area contributed by atoms with Gasteiger partial charge in [0.25, 0.3) is 12.3 Å². The standard InChI is InChI=1S/C20H18F2N8O/c21-17(22)12-29-11-16(19(28-29)31-13-5-6-13)27-20-23-9-7-15(26-20)14-3-1-4-18(25-14)30-10-2-8-24-30/h1-4,7-11,13,17H,5-6,12H2,(H,23,26,27). The van der Waals surface area contributed by atoms with Crippen LogP contribution in [0.5, 0.6) is 5.88 Å². The normalized spacial score (nSPS) is 13.5. The van der Waals surface area contributed by atoms with Crippen molar-refractivity contribution in [2.75, 3.05) is 5.32 Å². The molecule has 1 fully saturated rings. The molecule has 0 aromatic carbocycles. The Kier molecular flexibility index (Phi) is 4.98. The number of aromatic nitrogens is 7. The molecule has 31 heavy (non-hydrogen) atoms. The largest absolute Gasteiger partial charge is 0.472 e. The Morgan fingerprint density at radius 1 is 1.10 bits per heavy atom. The zero-order chi connectivity index (χ0) is 21.2. The Labute approximate surface area is 175 Å². The van der Waals surface area contributed by atoms with E-state index in [0.29, 0.717) is 22.9 Å². The highest BCUT2D eigenvalue weighted by Crippen LogP contribution is 2.32. The minimum absolute atomic E-state index is 0.0666. The highest BCUT2D eigenvalue weighted by molar-refractivity contribution is 5.62. The van der Waals surface area contributed by atoms with Gasteiger partial charge in [-0.25, -0.2) is 28.4 Å². The predicted molar refractivity (Wildman–Crippen MR) is 108 cm³/mol. The van der Waals surface area contributed by atoms with Crippen LogP contribution in [0.15, 0.2) is 55.1 Å². The van der Waals surface area contributed by atoms with Crippen molar-refractivity contribution >= 4 is 11.6 Å². The van der Waals surface area contributed by atoms with E-state index in [9.17, 15) is 8.78 Å². The minimum Gasteiger partial charge on any atom is -0.472 e. The van der Waals surface area contributed by atoms with Gasteiger partial charge in [0, 0.05) is 18.6 Å². The Hall–Kier alpha value is -3.89. The summed E-state index contributed by atoms with van der Waals surface area (Å²) >= 11 is 0. The minimum atomic E-state index is -2.52. The highest BCUT2D eigenvalue weighted by atomic mass is 19.3. The monoisotopic (exact) mass is 424 g/mol. The van der Waals surface area contributed by atoms with Gasteiger partial charge in [-0.1, -0.05) is 6.07 Å². The first kappa shape index (κ1) is 19.1. The smallest absolute Gasteiger partial charge is 0.257 e. The number of alkyl halides is 2. The molecule has 0 bridgehead atoms. The number of rotatable bonds is 8. The maximum absolute atomic E-state index is 12.8. The third-order valence-electron chi connectivity index (χ3n) is 4.49. The van der Waals surface area contributed by atoms with Crippen LogP contribution in [0.2, 0.25) is 0 Å². The van der Waals surface area contributed by atoms with E-state index in [1.807, 2.05) is 24.3 Å². The van der Waals surface area contributed by atoms with Gasteiger partial charge in [0.05, 0.1) is 17.6 Å². The number of hydrogen-bond acceptors (Lipinski definition) is 7. The maximum Gasteiger partial charge on any atom is 0.257 e. The summed E-state index contributed by atoms with van der Waals surface area (Å²) in [5.41, 5.74) is 1.67. The molecule has 5 rings (SSSR count). The number of nitrogens with one attached hydrogen (secondary N) is 1. The van der Waals surface area contributed by atoms with Crippen LogP contribution < -0.4 is 10.1 Å². The molecule has 0 radical (unpaired) electrons. The van der Waals surface area contributed by atoms with E-state index in [4.69, 9.17) is 4.74 Å². The van der Waals surface area contributed by atoms with Gasteiger partial charge in [0.1, 0.15) is 18.3 Å². The van der Waals surface area contributed by atoms with E-state index < -0.39 is 13.0 Å². The van der Waals surface area contributed by atoms with Crippen molar-refractivity contribution in [2.45, 2.75) is 31.9 Å². The summed E-state index contributed by atoms with van der Waals surface area (Å²) < 4.78 is 34.1. The van der Waals surface area contributed by atoms with Gasteiger partial charge < -0.3 is 10.1 Å². The van der Waals surface area contributed by atoms with Crippen LogP contribution >= 0.6 is 0 Å². The zero-order valence-electron chi connectivity index (χ0n) is 16.3. The lowest BCUT2D eigenvalue weighted by molar-refractivity contribution is 0.121. The number of ether oxygens (including phenoxy) is 1. The Bertz CT molecular complexity index is 1170. The van der Waals surface area contributed by atoms with E-state index in [1.54, 1.807) is 29.3 Å². The van der Waals surface area contributed by atoms with Crippen LogP contribution in [-0.4, -0.2) is 47.0 Å². The molecule has 9 nitrogen and oxygen atoms in total. The number of hydrogen-bond donors (Lipinski definition) is 1. The molecule has 4 aromatic rings. The van der Waals surface area contributed by atoms with E-state index in [-0.39, 0.29) is 17.9 Å². The Morgan fingerprint density at radius 2 is 1.97 bits per heavy atom. The number of anilines is 2. The predicted octanol–water partition coefficient (Wildman–Crippen LogP) is 3.47. The van der Waals surface area contributed by atoms with Gasteiger partial charge in [-0.05, 0) is 37.1 Å². The molecule has 0 saturated heterocycles. The summed E-state index contributed by atoms with van der Waals surface area (Å²) in [5, 5.41) is 11.3. The van der Waals surface area contributed by atoms with Crippen molar-refractivity contribution in [3.05, 3.63) is 55.1 Å². The summed E-state index contributed by atoms with van der Waals surface area (Å²) in [6, 6.07) is 9.10. The molecule has 4 heterocycles. The fraction of sp³-hybridized carbons (Fsp3) is 0.250. The van der Waals surface area contributed by atoms with Gasteiger partial charge >= 0.3 is 0 Å². The molecule has 0 atom stereocenters. The third kappa shape index (κ3) is 4.49. The average molecular weight is 424 g/mol. The van der Waals surface area contributed by atoms with Crippen LogP contribution in [-0.2, 0) is 6.54 Å². The van der Waals surface area contributed by atoms with E-state index in [1.165, 1.54) is 6.20 Å². The molecular weight excluding hydrogens is 406 g/mol. The molecule has 1 aliphatic rings. The molecule has 158 valence electrons. The summed E-state index contributed by atoms with van der Waals surface area (Å²) in [7, 11) is 0. The summed E-state index contributed by atoms with van der Waals surface area (Å²) in [6.07, 6.45) is 5.94. The van der Waals surface area contributed by atoms with Crippen molar-refractivity contribution < 1.29 is 13.5 Å². The molecule has 11 heteroatoms. The first-order valence-electron chi connectivity index (χ1n) is 9.74. The number of nitrogens with zero attached hydrogens (tertiary/aromatic N) is 7. The average Bonchev–Trinajstić information content (AvgIpc) is 3.26. The molecule has 0 spiro atoms. The second-order valence-electron chi connectivity index (χ2n) is 7.00. The second kappa shape index (κ2) is 8.09. The SMILES string of the molecule is FC(F)Cn1cc(Nc2nccc(-c3cccc(-n4cccn4)n3)n2)c(OC2CC2)n1. The molecule has 0 aliphatic heterocycles. The van der Waals surface area contributed by atoms with Crippen molar-refractivity contribution in [3.8, 4) is 23.1 Å². The molecule has 0 amide bonds. The van der Waals surface area contributed by atoms with Crippen LogP contribution in [0.4, 0.5) is 20.4 Å². The van der Waals surface area contributed by atoms with E-state index in [2.05, 4.69) is 30.5 Å². The highest BCUT2D eigenvalue weighted by Gasteiger charge is 2.27. The van der Waals surface area contributed by atoms with Crippen LogP contribution in [0, 0.1) is 0 Å². The van der Waals surface area contributed by atoms with Crippen molar-refractivity contribution in [1.29, 1.82) is 0 Å². The van der Waals surface area contributed by atoms with Crippen LogP contribution in [0.1, 0.15) is 12.8 Å². The van der Waals surface area contributed by atoms with Crippen molar-refractivity contribution in [3.63, 3.8) is 0 Å². The fourth-order valence-electron chi connectivity index (χ4n) is 2.94. The molecule has 0 unspecified atom stereocenters. The van der Waals surface area contributed by atoms with Crippen LogP contribution in [0.3, 0.4) is 0 Å². The maximum atomic E-state index is 12.8. The van der Waals surface area contributed by atoms with Crippen molar-refractivity contribution in [2.24, 2.45) is 0 Å². The topological polar surface area (TPSA) is 95.6 Å². The first-order valence-corrected chi connectivity index (χ1v) is 9.74. The lowest BCUT2D eigenvalue weighted by Crippen LogP contribution is -2.07. The number of halogens is 2. The van der Waals surface area contributed by atoms with Gasteiger partial charge in [-0.2, -0.15) is 5.10 Å². The number of pyridine rings is 1. The molecule has 4 aromatic heterocycles. The summed E-state index contributed by atoms with van der Waals surface area (Å²) in [5.74, 6) is 1.20. The molecule has 1 saturated carbocycles. The van der Waals surface area contributed by atoms with Crippen molar-refractivity contribution in [1.82, 2.24) is 34.5 Å². The van der Waals surface area contributed by atoms with E-state index in [0.717, 1.165) is 17.5 Å². The van der Waals surface area contributed by atoms with Crippen LogP contribution in [0.25, 0.3) is 17.2 Å². The van der Waals surface area contributed by atoms with Gasteiger partial charge in [-0.3, -0.25) is 4.68 Å². The molecular formula is C20H18F2N8O. The zero-order valence-corrected chi connectivity index (χ0v) is 16.3. The lowest BCUT2D eigenvalue weighted by atomic mass is 10.2. The second-order valence-corrected chi connectivity index (χ2v) is 7.00. The lowest BCUT2D eigenvalue weighted by Gasteiger charge is -2.08.